The normalized spacial score (nSPS) is 11.3. The van der Waals surface area contributed by atoms with Gasteiger partial charge in [0.25, 0.3) is 15.0 Å². The van der Waals surface area contributed by atoms with Crippen LogP contribution >= 0.6 is 26.6 Å². The zero-order valence-corrected chi connectivity index (χ0v) is 13.1. The molecule has 18 heavy (non-hydrogen) atoms. The lowest BCUT2D eigenvalue weighted by Gasteiger charge is -2.19. The van der Waals surface area contributed by atoms with Crippen LogP contribution in [-0.2, 0) is 9.05 Å². The Morgan fingerprint density at radius 1 is 1.28 bits per heavy atom. The highest BCUT2D eigenvalue weighted by atomic mass is 79.9. The van der Waals surface area contributed by atoms with E-state index in [2.05, 4.69) is 15.9 Å². The first kappa shape index (κ1) is 15.5. The van der Waals surface area contributed by atoms with Crippen LogP contribution in [0.3, 0.4) is 0 Å². The van der Waals surface area contributed by atoms with Gasteiger partial charge in [0.2, 0.25) is 0 Å². The summed E-state index contributed by atoms with van der Waals surface area (Å²) in [4.78, 5) is 13.6. The number of hydrogen-bond acceptors (Lipinski definition) is 3. The highest BCUT2D eigenvalue weighted by Gasteiger charge is 2.18. The zero-order valence-electron chi connectivity index (χ0n) is 9.98. The molecular weight excluding hydrogens is 342 g/mol. The van der Waals surface area contributed by atoms with Crippen molar-refractivity contribution in [3.8, 4) is 0 Å². The van der Waals surface area contributed by atoms with Crippen LogP contribution in [0.25, 0.3) is 0 Å². The van der Waals surface area contributed by atoms with Crippen LogP contribution in [-0.4, -0.2) is 32.3 Å². The number of rotatable bonds is 4. The fourth-order valence-corrected chi connectivity index (χ4v) is 2.97. The smallest absolute Gasteiger partial charge is 0.261 e. The van der Waals surface area contributed by atoms with Crippen molar-refractivity contribution >= 4 is 41.6 Å². The Morgan fingerprint density at radius 2 is 1.83 bits per heavy atom. The van der Waals surface area contributed by atoms with E-state index in [1.165, 1.54) is 12.1 Å². The number of benzene rings is 1. The first-order valence-electron chi connectivity index (χ1n) is 5.34. The molecule has 0 heterocycles. The van der Waals surface area contributed by atoms with Gasteiger partial charge in [0.1, 0.15) is 0 Å². The molecule has 7 heteroatoms. The number of nitrogens with zero attached hydrogens (tertiary/aromatic N) is 1. The van der Waals surface area contributed by atoms with Gasteiger partial charge >= 0.3 is 0 Å². The maximum absolute atomic E-state index is 12.1. The topological polar surface area (TPSA) is 54.5 Å². The Balaban J connectivity index is 3.26. The average Bonchev–Trinajstić information content (AvgIpc) is 2.28. The van der Waals surface area contributed by atoms with Crippen molar-refractivity contribution in [2.45, 2.75) is 18.7 Å². The molecule has 0 aliphatic heterocycles. The van der Waals surface area contributed by atoms with Gasteiger partial charge in [-0.25, -0.2) is 8.42 Å². The van der Waals surface area contributed by atoms with E-state index in [0.29, 0.717) is 23.1 Å². The second-order valence-corrected chi connectivity index (χ2v) is 7.07. The molecule has 0 bridgehead atoms. The lowest BCUT2D eigenvalue weighted by molar-refractivity contribution is 0.0772. The lowest BCUT2D eigenvalue weighted by atomic mass is 10.2. The summed E-state index contributed by atoms with van der Waals surface area (Å²) in [6.07, 6.45) is 0. The van der Waals surface area contributed by atoms with Crippen molar-refractivity contribution in [1.29, 1.82) is 0 Å². The van der Waals surface area contributed by atoms with Gasteiger partial charge in [0.05, 0.1) is 4.90 Å². The van der Waals surface area contributed by atoms with E-state index >= 15 is 0 Å². The van der Waals surface area contributed by atoms with Crippen molar-refractivity contribution < 1.29 is 13.2 Å². The maximum Gasteiger partial charge on any atom is 0.261 e. The lowest BCUT2D eigenvalue weighted by Crippen LogP contribution is -2.30. The highest BCUT2D eigenvalue weighted by Crippen LogP contribution is 2.23. The molecule has 0 saturated carbocycles. The Bertz CT molecular complexity index is 555. The molecule has 0 saturated heterocycles. The van der Waals surface area contributed by atoms with Gasteiger partial charge in [0, 0.05) is 33.8 Å². The molecule has 1 rings (SSSR count). The number of hydrogen-bond donors (Lipinski definition) is 0. The molecule has 0 radical (unpaired) electrons. The number of carbonyl (C=O) groups excluding carboxylic acids is 1. The molecule has 0 unspecified atom stereocenters. The number of carbonyl (C=O) groups is 1. The van der Waals surface area contributed by atoms with Gasteiger partial charge in [-0.05, 0) is 32.0 Å². The first-order chi connectivity index (χ1) is 8.29. The molecule has 1 amide bonds. The SMILES string of the molecule is CCN(CC)C(=O)c1cc(Br)cc(S(=O)(=O)Cl)c1. The molecule has 0 atom stereocenters. The molecule has 4 nitrogen and oxygen atoms in total. The number of halogens is 2. The summed E-state index contributed by atoms with van der Waals surface area (Å²) in [5.74, 6) is -0.220. The molecule has 0 aliphatic carbocycles. The minimum absolute atomic E-state index is 0.0888. The molecule has 0 aromatic heterocycles. The molecule has 100 valence electrons. The van der Waals surface area contributed by atoms with E-state index in [4.69, 9.17) is 10.7 Å². The summed E-state index contributed by atoms with van der Waals surface area (Å²) in [6.45, 7) is 4.84. The largest absolute Gasteiger partial charge is 0.339 e. The van der Waals surface area contributed by atoms with Crippen molar-refractivity contribution in [3.05, 3.63) is 28.2 Å². The Morgan fingerprint density at radius 3 is 2.28 bits per heavy atom. The summed E-state index contributed by atoms with van der Waals surface area (Å²) >= 11 is 3.17. The van der Waals surface area contributed by atoms with Gasteiger partial charge in [-0.2, -0.15) is 0 Å². The van der Waals surface area contributed by atoms with Crippen molar-refractivity contribution in [1.82, 2.24) is 4.90 Å². The minimum Gasteiger partial charge on any atom is -0.339 e. The monoisotopic (exact) mass is 353 g/mol. The van der Waals surface area contributed by atoms with Crippen LogP contribution in [0.1, 0.15) is 24.2 Å². The van der Waals surface area contributed by atoms with E-state index in [1.54, 1.807) is 11.0 Å². The van der Waals surface area contributed by atoms with Gasteiger partial charge < -0.3 is 4.90 Å². The standard InChI is InChI=1S/C11H13BrClNO3S/c1-3-14(4-2)11(15)8-5-9(12)7-10(6-8)18(13,16)17/h5-7H,3-4H2,1-2H3. The fourth-order valence-electron chi connectivity index (χ4n) is 1.52. The van der Waals surface area contributed by atoms with E-state index in [-0.39, 0.29) is 10.8 Å². The first-order valence-corrected chi connectivity index (χ1v) is 8.44. The van der Waals surface area contributed by atoms with Crippen molar-refractivity contribution in [2.24, 2.45) is 0 Å². The van der Waals surface area contributed by atoms with Crippen LogP contribution in [0.15, 0.2) is 27.6 Å². The fraction of sp³-hybridized carbons (Fsp3) is 0.364. The third-order valence-corrected chi connectivity index (χ3v) is 4.24. The summed E-state index contributed by atoms with van der Waals surface area (Å²) in [5, 5.41) is 0. The zero-order chi connectivity index (χ0) is 13.9. The van der Waals surface area contributed by atoms with E-state index in [9.17, 15) is 13.2 Å². The number of amides is 1. The second-order valence-electron chi connectivity index (χ2n) is 3.59. The molecular formula is C11H13BrClNO3S. The molecule has 1 aromatic carbocycles. The molecule has 0 aliphatic rings. The molecule has 0 spiro atoms. The van der Waals surface area contributed by atoms with Crippen molar-refractivity contribution in [3.63, 3.8) is 0 Å². The highest BCUT2D eigenvalue weighted by molar-refractivity contribution is 9.10. The third-order valence-electron chi connectivity index (χ3n) is 2.45. The predicted molar refractivity (Wildman–Crippen MR) is 74.4 cm³/mol. The van der Waals surface area contributed by atoms with Crippen LogP contribution < -0.4 is 0 Å². The maximum atomic E-state index is 12.1. The van der Waals surface area contributed by atoms with E-state index in [0.717, 1.165) is 0 Å². The summed E-state index contributed by atoms with van der Waals surface area (Å²) in [6, 6.07) is 4.22. The minimum atomic E-state index is -3.85. The molecule has 0 N–H and O–H groups in total. The third kappa shape index (κ3) is 3.70. The summed E-state index contributed by atoms with van der Waals surface area (Å²) in [5.41, 5.74) is 0.298. The van der Waals surface area contributed by atoms with Gasteiger partial charge in [-0.3, -0.25) is 4.79 Å². The van der Waals surface area contributed by atoms with E-state index in [1.807, 2.05) is 13.8 Å². The average molecular weight is 355 g/mol. The second kappa shape index (κ2) is 6.04. The van der Waals surface area contributed by atoms with Gasteiger partial charge in [-0.1, -0.05) is 15.9 Å². The van der Waals surface area contributed by atoms with Gasteiger partial charge in [-0.15, -0.1) is 0 Å². The molecule has 1 aromatic rings. The summed E-state index contributed by atoms with van der Waals surface area (Å²) < 4.78 is 23.1. The van der Waals surface area contributed by atoms with Crippen LogP contribution in [0.2, 0.25) is 0 Å². The Kier molecular flexibility index (Phi) is 5.19. The Hall–Kier alpha value is -0.590. The Labute approximate surface area is 119 Å². The van der Waals surface area contributed by atoms with Crippen molar-refractivity contribution in [2.75, 3.05) is 13.1 Å². The summed E-state index contributed by atoms with van der Waals surface area (Å²) in [7, 11) is 1.43. The van der Waals surface area contributed by atoms with Gasteiger partial charge in [0.15, 0.2) is 0 Å². The van der Waals surface area contributed by atoms with Crippen LogP contribution in [0.5, 0.6) is 0 Å². The van der Waals surface area contributed by atoms with E-state index < -0.39 is 9.05 Å². The van der Waals surface area contributed by atoms with Crippen LogP contribution in [0.4, 0.5) is 0 Å². The van der Waals surface area contributed by atoms with Crippen LogP contribution in [0, 0.1) is 0 Å². The quantitative estimate of drug-likeness (QED) is 0.781. The predicted octanol–water partition coefficient (Wildman–Crippen LogP) is 2.86. The molecule has 0 fully saturated rings.